The molecule has 3 nitrogen and oxygen atoms in total. The number of esters is 1. The van der Waals surface area contributed by atoms with Crippen LogP contribution in [0, 0.1) is 0 Å². The molecule has 0 fully saturated rings. The number of ether oxygens (including phenoxy) is 2. The molecule has 94 valence electrons. The van der Waals surface area contributed by atoms with Crippen LogP contribution in [0.25, 0.3) is 0 Å². The Balaban J connectivity index is 3.16. The molecule has 0 atom stereocenters. The van der Waals surface area contributed by atoms with Crippen LogP contribution in [-0.2, 0) is 14.3 Å². The normalized spacial score (nSPS) is 11.2. The van der Waals surface area contributed by atoms with Crippen LogP contribution in [0.5, 0.6) is 0 Å². The maximum atomic E-state index is 10.7. The van der Waals surface area contributed by atoms with E-state index in [1.165, 1.54) is 6.08 Å². The summed E-state index contributed by atoms with van der Waals surface area (Å²) in [6.45, 7) is 10.8. The summed E-state index contributed by atoms with van der Waals surface area (Å²) < 4.78 is 10.5. The topological polar surface area (TPSA) is 35.5 Å². The highest BCUT2D eigenvalue weighted by atomic mass is 16.5. The maximum absolute atomic E-state index is 10.7. The zero-order valence-corrected chi connectivity index (χ0v) is 10.8. The minimum Gasteiger partial charge on any atom is -0.463 e. The Labute approximate surface area is 98.8 Å². The Bertz CT molecular complexity index is 204. The lowest BCUT2D eigenvalue weighted by molar-refractivity contribution is -0.137. The molecule has 0 saturated heterocycles. The van der Waals surface area contributed by atoms with E-state index in [2.05, 4.69) is 27.4 Å². The summed E-state index contributed by atoms with van der Waals surface area (Å²) in [5, 5.41) is 0. The van der Waals surface area contributed by atoms with Crippen molar-refractivity contribution < 1.29 is 14.3 Å². The van der Waals surface area contributed by atoms with Gasteiger partial charge in [0.25, 0.3) is 0 Å². The van der Waals surface area contributed by atoms with E-state index in [-0.39, 0.29) is 11.6 Å². The highest BCUT2D eigenvalue weighted by molar-refractivity contribution is 5.81. The Morgan fingerprint density at radius 3 is 2.19 bits per heavy atom. The van der Waals surface area contributed by atoms with Crippen molar-refractivity contribution in [3.05, 3.63) is 12.7 Å². The van der Waals surface area contributed by atoms with Crippen molar-refractivity contribution in [2.24, 2.45) is 0 Å². The van der Waals surface area contributed by atoms with Crippen molar-refractivity contribution in [2.75, 3.05) is 13.2 Å². The number of hydrogen-bond acceptors (Lipinski definition) is 3. The van der Waals surface area contributed by atoms with Gasteiger partial charge in [0.05, 0.1) is 12.2 Å². The summed E-state index contributed by atoms with van der Waals surface area (Å²) in [4.78, 5) is 10.7. The second-order valence-electron chi connectivity index (χ2n) is 4.75. The van der Waals surface area contributed by atoms with Gasteiger partial charge in [0.15, 0.2) is 0 Å². The Hall–Kier alpha value is -0.830. The van der Waals surface area contributed by atoms with Gasteiger partial charge >= 0.3 is 5.97 Å². The lowest BCUT2D eigenvalue weighted by Gasteiger charge is -2.19. The van der Waals surface area contributed by atoms with Crippen LogP contribution >= 0.6 is 0 Å². The fourth-order valence-corrected chi connectivity index (χ4v) is 1.17. The zero-order valence-electron chi connectivity index (χ0n) is 10.8. The van der Waals surface area contributed by atoms with Crippen LogP contribution in [0.3, 0.4) is 0 Å². The highest BCUT2D eigenvalue weighted by Gasteiger charge is 2.08. The fraction of sp³-hybridized carbons (Fsp3) is 0.769. The quantitative estimate of drug-likeness (QED) is 0.364. The number of carbonyl (C=O) groups excluding carboxylic acids is 1. The number of carbonyl (C=O) groups is 1. The molecule has 0 aromatic rings. The molecular weight excluding hydrogens is 204 g/mol. The predicted octanol–water partition coefficient (Wildman–Crippen LogP) is 3.09. The molecule has 0 unspecified atom stereocenters. The van der Waals surface area contributed by atoms with Crippen molar-refractivity contribution in [3.8, 4) is 0 Å². The third kappa shape index (κ3) is 11.2. The first kappa shape index (κ1) is 15.2. The summed E-state index contributed by atoms with van der Waals surface area (Å²) >= 11 is 0. The maximum Gasteiger partial charge on any atom is 0.330 e. The second-order valence-corrected chi connectivity index (χ2v) is 4.75. The van der Waals surface area contributed by atoms with Gasteiger partial charge in [-0.05, 0) is 40.0 Å². The van der Waals surface area contributed by atoms with Gasteiger partial charge in [-0.25, -0.2) is 4.79 Å². The van der Waals surface area contributed by atoms with E-state index in [0.717, 1.165) is 32.3 Å². The van der Waals surface area contributed by atoms with Crippen LogP contribution in [0.1, 0.15) is 46.5 Å². The number of rotatable bonds is 8. The molecule has 0 aromatic heterocycles. The van der Waals surface area contributed by atoms with Gasteiger partial charge in [-0.15, -0.1) is 0 Å². The van der Waals surface area contributed by atoms with E-state index < -0.39 is 0 Å². The van der Waals surface area contributed by atoms with Crippen LogP contribution in [0.2, 0.25) is 0 Å². The summed E-state index contributed by atoms with van der Waals surface area (Å²) in [5.74, 6) is -0.337. The molecule has 0 aromatic carbocycles. The summed E-state index contributed by atoms with van der Waals surface area (Å²) in [5.41, 5.74) is -0.0422. The van der Waals surface area contributed by atoms with Crippen molar-refractivity contribution >= 4 is 5.97 Å². The second kappa shape index (κ2) is 8.34. The smallest absolute Gasteiger partial charge is 0.330 e. The zero-order chi connectivity index (χ0) is 12.4. The average molecular weight is 228 g/mol. The van der Waals surface area contributed by atoms with Crippen LogP contribution in [-0.4, -0.2) is 24.8 Å². The van der Waals surface area contributed by atoms with E-state index in [9.17, 15) is 4.79 Å². The van der Waals surface area contributed by atoms with Crippen molar-refractivity contribution in [1.29, 1.82) is 0 Å². The molecule has 0 aliphatic carbocycles. The minimum absolute atomic E-state index is 0.0422. The first-order valence-electron chi connectivity index (χ1n) is 5.89. The SMILES string of the molecule is C=CC(=O)OCCCCCCOC(C)(C)C. The minimum atomic E-state index is -0.337. The molecule has 0 radical (unpaired) electrons. The molecule has 3 heteroatoms. The number of hydrogen-bond donors (Lipinski definition) is 0. The molecule has 0 saturated carbocycles. The molecule has 0 rings (SSSR count). The van der Waals surface area contributed by atoms with Gasteiger partial charge in [-0.3, -0.25) is 0 Å². The molecule has 0 N–H and O–H groups in total. The molecule has 0 heterocycles. The lowest BCUT2D eigenvalue weighted by Crippen LogP contribution is -2.19. The Kier molecular flexibility index (Phi) is 7.90. The third-order valence-electron chi connectivity index (χ3n) is 1.98. The molecule has 0 spiro atoms. The van der Waals surface area contributed by atoms with E-state index in [0.29, 0.717) is 6.61 Å². The fourth-order valence-electron chi connectivity index (χ4n) is 1.17. The predicted molar refractivity (Wildman–Crippen MR) is 65.3 cm³/mol. The lowest BCUT2D eigenvalue weighted by atomic mass is 10.2. The standard InChI is InChI=1S/C13H24O3/c1-5-12(14)15-10-8-6-7-9-11-16-13(2,3)4/h5H,1,6-11H2,2-4H3. The number of unbranched alkanes of at least 4 members (excludes halogenated alkanes) is 3. The van der Waals surface area contributed by atoms with Crippen LogP contribution < -0.4 is 0 Å². The van der Waals surface area contributed by atoms with E-state index in [1.54, 1.807) is 0 Å². The summed E-state index contributed by atoms with van der Waals surface area (Å²) in [6.07, 6.45) is 5.35. The summed E-state index contributed by atoms with van der Waals surface area (Å²) in [6, 6.07) is 0. The molecule has 0 aliphatic heterocycles. The molecule has 0 amide bonds. The van der Waals surface area contributed by atoms with Crippen LogP contribution in [0.15, 0.2) is 12.7 Å². The first-order chi connectivity index (χ1) is 7.45. The van der Waals surface area contributed by atoms with Gasteiger partial charge in [-0.1, -0.05) is 13.0 Å². The molecule has 16 heavy (non-hydrogen) atoms. The van der Waals surface area contributed by atoms with Gasteiger partial charge in [0.1, 0.15) is 0 Å². The summed E-state index contributed by atoms with van der Waals surface area (Å²) in [7, 11) is 0. The highest BCUT2D eigenvalue weighted by Crippen LogP contribution is 2.09. The van der Waals surface area contributed by atoms with E-state index >= 15 is 0 Å². The van der Waals surface area contributed by atoms with Gasteiger partial charge in [-0.2, -0.15) is 0 Å². The molecular formula is C13H24O3. The molecule has 0 aliphatic rings. The van der Waals surface area contributed by atoms with Gasteiger partial charge in [0.2, 0.25) is 0 Å². The monoisotopic (exact) mass is 228 g/mol. The Morgan fingerprint density at radius 2 is 1.69 bits per heavy atom. The van der Waals surface area contributed by atoms with Crippen molar-refractivity contribution in [1.82, 2.24) is 0 Å². The van der Waals surface area contributed by atoms with Gasteiger partial charge < -0.3 is 9.47 Å². The van der Waals surface area contributed by atoms with Crippen LogP contribution in [0.4, 0.5) is 0 Å². The molecule has 0 bridgehead atoms. The van der Waals surface area contributed by atoms with E-state index in [4.69, 9.17) is 9.47 Å². The van der Waals surface area contributed by atoms with E-state index in [1.807, 2.05) is 0 Å². The van der Waals surface area contributed by atoms with Crippen molar-refractivity contribution in [2.45, 2.75) is 52.1 Å². The first-order valence-corrected chi connectivity index (χ1v) is 5.89. The largest absolute Gasteiger partial charge is 0.463 e. The van der Waals surface area contributed by atoms with Crippen molar-refractivity contribution in [3.63, 3.8) is 0 Å². The Morgan fingerprint density at radius 1 is 1.12 bits per heavy atom. The average Bonchev–Trinajstić information content (AvgIpc) is 2.20. The van der Waals surface area contributed by atoms with Gasteiger partial charge in [0, 0.05) is 12.7 Å². The third-order valence-corrected chi connectivity index (χ3v) is 1.98.